The van der Waals surface area contributed by atoms with Crippen LogP contribution in [0, 0.1) is 26.8 Å². The first-order valence-corrected chi connectivity index (χ1v) is 7.38. The molecule has 0 aromatic heterocycles. The van der Waals surface area contributed by atoms with E-state index in [2.05, 4.69) is 9.47 Å². The number of para-hydroxylation sites is 1. The summed E-state index contributed by atoms with van der Waals surface area (Å²) in [6.07, 6.45) is -10.2. The summed E-state index contributed by atoms with van der Waals surface area (Å²) < 4.78 is 126. The molecule has 0 atom stereocenters. The zero-order chi connectivity index (χ0) is 21.0. The molecule has 2 nitrogen and oxygen atoms in total. The smallest absolute Gasteiger partial charge is 0.399 e. The van der Waals surface area contributed by atoms with E-state index in [9.17, 15) is 43.9 Å². The van der Waals surface area contributed by atoms with Crippen LogP contribution in [0.15, 0.2) is 30.3 Å². The highest BCUT2D eigenvalue weighted by Crippen LogP contribution is 2.30. The van der Waals surface area contributed by atoms with Gasteiger partial charge in [0.15, 0.2) is 23.3 Å². The minimum atomic E-state index is -5.11. The van der Waals surface area contributed by atoms with Crippen LogP contribution < -0.4 is 9.47 Å². The van der Waals surface area contributed by atoms with E-state index in [4.69, 9.17) is 0 Å². The van der Waals surface area contributed by atoms with Crippen molar-refractivity contribution in [2.45, 2.75) is 12.7 Å². The molecule has 27 heavy (non-hydrogen) atoms. The predicted octanol–water partition coefficient (Wildman–Crippen LogP) is 6.33. The minimum Gasteiger partial charge on any atom is -0.399 e. The Morgan fingerprint density at radius 2 is 1.04 bits per heavy atom. The van der Waals surface area contributed by atoms with E-state index in [1.54, 1.807) is 0 Å². The van der Waals surface area contributed by atoms with Gasteiger partial charge in [-0.25, -0.2) is 17.6 Å². The standard InChI is InChI=1S/C7H2F5IO.C7H3F5O/c8-3-1-2-4(13)5(9)6(3)14-7(10,11)12;8-4-2-1-3-5(9)6(4)13-7(10,11)12/h1-2H;1-3H. The second-order valence-corrected chi connectivity index (χ2v) is 5.48. The third-order valence-corrected chi connectivity index (χ3v) is 3.19. The normalized spacial score (nSPS) is 11.5. The molecule has 2 aromatic carbocycles. The topological polar surface area (TPSA) is 18.5 Å². The van der Waals surface area contributed by atoms with Gasteiger partial charge in [0.1, 0.15) is 0 Å². The molecule has 150 valence electrons. The fourth-order valence-electron chi connectivity index (χ4n) is 1.41. The lowest BCUT2D eigenvalue weighted by atomic mass is 10.3. The lowest BCUT2D eigenvalue weighted by Gasteiger charge is -2.10. The first-order chi connectivity index (χ1) is 12.2. The molecule has 0 spiro atoms. The number of hydrogen-bond donors (Lipinski definition) is 0. The molecule has 0 N–H and O–H groups in total. The van der Waals surface area contributed by atoms with Crippen LogP contribution in [0.2, 0.25) is 0 Å². The van der Waals surface area contributed by atoms with Crippen molar-refractivity contribution in [2.24, 2.45) is 0 Å². The van der Waals surface area contributed by atoms with Gasteiger partial charge in [0, 0.05) is 0 Å². The van der Waals surface area contributed by atoms with Crippen molar-refractivity contribution in [3.8, 4) is 11.5 Å². The molecule has 0 saturated heterocycles. The lowest BCUT2D eigenvalue weighted by molar-refractivity contribution is -0.277. The highest BCUT2D eigenvalue weighted by molar-refractivity contribution is 14.1. The Labute approximate surface area is 157 Å². The molecule has 0 saturated carbocycles. The molecule has 0 heterocycles. The predicted molar refractivity (Wildman–Crippen MR) is 78.8 cm³/mol. The van der Waals surface area contributed by atoms with Crippen LogP contribution >= 0.6 is 22.6 Å². The molecule has 0 fully saturated rings. The Hall–Kier alpha value is -1.93. The summed E-state index contributed by atoms with van der Waals surface area (Å²) >= 11 is 1.43. The molecule has 13 heteroatoms. The van der Waals surface area contributed by atoms with Crippen LogP contribution in [0.4, 0.5) is 43.9 Å². The maximum atomic E-state index is 12.9. The lowest BCUT2D eigenvalue weighted by Crippen LogP contribution is -2.19. The number of hydrogen-bond acceptors (Lipinski definition) is 2. The van der Waals surface area contributed by atoms with Gasteiger partial charge in [-0.3, -0.25) is 0 Å². The van der Waals surface area contributed by atoms with Crippen LogP contribution in [0.1, 0.15) is 0 Å². The van der Waals surface area contributed by atoms with E-state index >= 15 is 0 Å². The van der Waals surface area contributed by atoms with Gasteiger partial charge < -0.3 is 9.47 Å². The highest BCUT2D eigenvalue weighted by Gasteiger charge is 2.35. The van der Waals surface area contributed by atoms with E-state index in [0.29, 0.717) is 18.2 Å². The molecule has 0 aliphatic carbocycles. The van der Waals surface area contributed by atoms with E-state index < -0.39 is 47.5 Å². The van der Waals surface area contributed by atoms with Crippen molar-refractivity contribution in [3.63, 3.8) is 0 Å². The molecular formula is C14H5F10IO2. The summed E-state index contributed by atoms with van der Waals surface area (Å²) in [6, 6.07) is 3.99. The average Bonchev–Trinajstić information content (AvgIpc) is 2.50. The van der Waals surface area contributed by atoms with Gasteiger partial charge in [0.05, 0.1) is 3.57 Å². The molecule has 0 aliphatic heterocycles. The van der Waals surface area contributed by atoms with Crippen molar-refractivity contribution >= 4 is 22.6 Å². The number of ether oxygens (including phenoxy) is 2. The fraction of sp³-hybridized carbons (Fsp3) is 0.143. The van der Waals surface area contributed by atoms with Crippen LogP contribution in [-0.4, -0.2) is 12.7 Å². The fourth-order valence-corrected chi connectivity index (χ4v) is 1.84. The van der Waals surface area contributed by atoms with Crippen LogP contribution in [0.3, 0.4) is 0 Å². The number of rotatable bonds is 2. The summed E-state index contributed by atoms with van der Waals surface area (Å²) in [5, 5.41) is 0. The van der Waals surface area contributed by atoms with Gasteiger partial charge in [0.25, 0.3) is 0 Å². The first kappa shape index (κ1) is 23.1. The Balaban J connectivity index is 0.000000271. The van der Waals surface area contributed by atoms with E-state index in [1.165, 1.54) is 22.6 Å². The minimum absolute atomic E-state index is 0.150. The summed E-state index contributed by atoms with van der Waals surface area (Å²) in [6.45, 7) is 0. The van der Waals surface area contributed by atoms with Crippen molar-refractivity contribution < 1.29 is 53.4 Å². The Morgan fingerprint density at radius 3 is 1.48 bits per heavy atom. The molecule has 0 amide bonds. The van der Waals surface area contributed by atoms with Crippen molar-refractivity contribution in [2.75, 3.05) is 0 Å². The molecule has 2 aromatic rings. The molecule has 0 bridgehead atoms. The van der Waals surface area contributed by atoms with Crippen molar-refractivity contribution in [1.29, 1.82) is 0 Å². The van der Waals surface area contributed by atoms with Crippen molar-refractivity contribution in [3.05, 3.63) is 57.2 Å². The molecule has 0 unspecified atom stereocenters. The first-order valence-electron chi connectivity index (χ1n) is 6.30. The SMILES string of the molecule is Fc1ccc(I)c(F)c1OC(F)(F)F.Fc1cccc(F)c1OC(F)(F)F. The van der Waals surface area contributed by atoms with E-state index in [1.807, 2.05) is 0 Å². The zero-order valence-corrected chi connectivity index (χ0v) is 14.5. The molecule has 2 rings (SSSR count). The monoisotopic (exact) mass is 522 g/mol. The Kier molecular flexibility index (Phi) is 7.57. The maximum absolute atomic E-state index is 12.9. The molecule has 0 radical (unpaired) electrons. The van der Waals surface area contributed by atoms with Crippen LogP contribution in [-0.2, 0) is 0 Å². The highest BCUT2D eigenvalue weighted by atomic mass is 127. The molecular weight excluding hydrogens is 517 g/mol. The number of alkyl halides is 6. The largest absolute Gasteiger partial charge is 0.573 e. The summed E-state index contributed by atoms with van der Waals surface area (Å²) in [5.41, 5.74) is 0. The van der Waals surface area contributed by atoms with Gasteiger partial charge in [-0.05, 0) is 46.9 Å². The summed E-state index contributed by atoms with van der Waals surface area (Å²) in [4.78, 5) is 0. The van der Waals surface area contributed by atoms with Gasteiger partial charge in [-0.1, -0.05) is 6.07 Å². The van der Waals surface area contributed by atoms with Gasteiger partial charge in [-0.15, -0.1) is 26.3 Å². The average molecular weight is 522 g/mol. The van der Waals surface area contributed by atoms with Crippen LogP contribution in [0.25, 0.3) is 0 Å². The van der Waals surface area contributed by atoms with Gasteiger partial charge >= 0.3 is 12.7 Å². The van der Waals surface area contributed by atoms with Gasteiger partial charge in [0.2, 0.25) is 11.5 Å². The van der Waals surface area contributed by atoms with E-state index in [-0.39, 0.29) is 3.57 Å². The Bertz CT molecular complexity index is 768. The molecule has 0 aliphatic rings. The second-order valence-electron chi connectivity index (χ2n) is 4.32. The third kappa shape index (κ3) is 7.68. The maximum Gasteiger partial charge on any atom is 0.573 e. The Morgan fingerprint density at radius 1 is 0.630 bits per heavy atom. The summed E-state index contributed by atoms with van der Waals surface area (Å²) in [5.74, 6) is -8.39. The van der Waals surface area contributed by atoms with Gasteiger partial charge in [-0.2, -0.15) is 0 Å². The number of halogens is 11. The summed E-state index contributed by atoms with van der Waals surface area (Å²) in [7, 11) is 0. The number of benzene rings is 2. The quantitative estimate of drug-likeness (QED) is 0.261. The second kappa shape index (κ2) is 8.84. The van der Waals surface area contributed by atoms with Crippen molar-refractivity contribution in [1.82, 2.24) is 0 Å². The van der Waals surface area contributed by atoms with E-state index in [0.717, 1.165) is 12.1 Å². The zero-order valence-electron chi connectivity index (χ0n) is 12.4. The van der Waals surface area contributed by atoms with Crippen LogP contribution in [0.5, 0.6) is 11.5 Å². The third-order valence-electron chi connectivity index (χ3n) is 2.36.